The molecule has 0 saturated carbocycles. The number of amides is 1. The molecule has 1 heterocycles. The lowest BCUT2D eigenvalue weighted by Gasteiger charge is -2.11. The quantitative estimate of drug-likeness (QED) is 0.702. The summed E-state index contributed by atoms with van der Waals surface area (Å²) in [6.07, 6.45) is 1.63. The lowest BCUT2D eigenvalue weighted by molar-refractivity contribution is 0.102. The molecular formula is C21H21N3O2. The number of anilines is 3. The van der Waals surface area contributed by atoms with Crippen LogP contribution in [-0.4, -0.2) is 18.0 Å². The smallest absolute Gasteiger partial charge is 0.255 e. The number of pyridine rings is 1. The average molecular weight is 347 g/mol. The summed E-state index contributed by atoms with van der Waals surface area (Å²) in [5.74, 6) is 1.16. The highest BCUT2D eigenvalue weighted by Crippen LogP contribution is 2.21. The fourth-order valence-corrected chi connectivity index (χ4v) is 2.52. The third-order valence-electron chi connectivity index (χ3n) is 4.01. The van der Waals surface area contributed by atoms with Gasteiger partial charge in [-0.3, -0.25) is 4.79 Å². The Morgan fingerprint density at radius 2 is 1.88 bits per heavy atom. The largest absolute Gasteiger partial charge is 0.497 e. The number of ether oxygens (including phenoxy) is 1. The summed E-state index contributed by atoms with van der Waals surface area (Å²) in [6.45, 7) is 4.10. The molecule has 3 rings (SSSR count). The zero-order valence-electron chi connectivity index (χ0n) is 15.0. The van der Waals surface area contributed by atoms with Crippen molar-refractivity contribution in [1.29, 1.82) is 0 Å². The van der Waals surface area contributed by atoms with Crippen LogP contribution in [-0.2, 0) is 0 Å². The average Bonchev–Trinajstić information content (AvgIpc) is 2.66. The van der Waals surface area contributed by atoms with E-state index in [1.807, 2.05) is 19.1 Å². The molecule has 0 fully saturated rings. The van der Waals surface area contributed by atoms with Crippen LogP contribution in [0, 0.1) is 13.8 Å². The number of nitrogens with zero attached hydrogens (tertiary/aromatic N) is 1. The van der Waals surface area contributed by atoms with Gasteiger partial charge >= 0.3 is 0 Å². The normalized spacial score (nSPS) is 10.3. The maximum atomic E-state index is 12.3. The minimum Gasteiger partial charge on any atom is -0.497 e. The number of aromatic nitrogens is 1. The number of hydrogen-bond acceptors (Lipinski definition) is 4. The maximum absolute atomic E-state index is 12.3. The van der Waals surface area contributed by atoms with E-state index in [0.717, 1.165) is 17.1 Å². The van der Waals surface area contributed by atoms with Crippen LogP contribution in [0.1, 0.15) is 21.5 Å². The lowest BCUT2D eigenvalue weighted by Crippen LogP contribution is -2.12. The first-order chi connectivity index (χ1) is 12.5. The van der Waals surface area contributed by atoms with Gasteiger partial charge in [-0.25, -0.2) is 4.98 Å². The molecule has 5 heteroatoms. The van der Waals surface area contributed by atoms with Gasteiger partial charge in [-0.15, -0.1) is 0 Å². The molecule has 0 aliphatic carbocycles. The molecule has 2 aromatic carbocycles. The lowest BCUT2D eigenvalue weighted by atomic mass is 10.1. The van der Waals surface area contributed by atoms with Gasteiger partial charge in [-0.2, -0.15) is 0 Å². The Morgan fingerprint density at radius 1 is 1.04 bits per heavy atom. The second-order valence-corrected chi connectivity index (χ2v) is 6.06. The fourth-order valence-electron chi connectivity index (χ4n) is 2.52. The third kappa shape index (κ3) is 4.19. The van der Waals surface area contributed by atoms with Crippen molar-refractivity contribution in [1.82, 2.24) is 4.98 Å². The molecule has 1 aromatic heterocycles. The van der Waals surface area contributed by atoms with Crippen LogP contribution in [0.25, 0.3) is 0 Å². The summed E-state index contributed by atoms with van der Waals surface area (Å²) in [5, 5.41) is 6.14. The molecule has 0 bridgehead atoms. The first-order valence-corrected chi connectivity index (χ1v) is 8.31. The summed E-state index contributed by atoms with van der Waals surface area (Å²) >= 11 is 0. The van der Waals surface area contributed by atoms with E-state index >= 15 is 0 Å². The van der Waals surface area contributed by atoms with Gasteiger partial charge in [0.05, 0.1) is 19.0 Å². The second-order valence-electron chi connectivity index (χ2n) is 6.06. The highest BCUT2D eigenvalue weighted by molar-refractivity contribution is 6.04. The van der Waals surface area contributed by atoms with E-state index in [1.54, 1.807) is 37.6 Å². The van der Waals surface area contributed by atoms with Gasteiger partial charge < -0.3 is 15.4 Å². The molecule has 0 aliphatic heterocycles. The number of benzene rings is 2. The zero-order chi connectivity index (χ0) is 18.5. The first-order valence-electron chi connectivity index (χ1n) is 8.31. The highest BCUT2D eigenvalue weighted by Gasteiger charge is 2.08. The molecule has 5 nitrogen and oxygen atoms in total. The molecule has 26 heavy (non-hydrogen) atoms. The van der Waals surface area contributed by atoms with Gasteiger partial charge in [0.2, 0.25) is 0 Å². The topological polar surface area (TPSA) is 63.2 Å². The van der Waals surface area contributed by atoms with E-state index in [2.05, 4.69) is 40.7 Å². The van der Waals surface area contributed by atoms with E-state index in [0.29, 0.717) is 17.0 Å². The number of carbonyl (C=O) groups excluding carboxylic acids is 1. The van der Waals surface area contributed by atoms with Crippen molar-refractivity contribution in [3.63, 3.8) is 0 Å². The van der Waals surface area contributed by atoms with Crippen LogP contribution < -0.4 is 15.4 Å². The summed E-state index contributed by atoms with van der Waals surface area (Å²) in [6, 6.07) is 16.9. The molecule has 0 radical (unpaired) electrons. The number of nitrogens with one attached hydrogen (secondary N) is 2. The van der Waals surface area contributed by atoms with Gasteiger partial charge in [-0.05, 0) is 61.4 Å². The van der Waals surface area contributed by atoms with Crippen LogP contribution in [0.5, 0.6) is 5.75 Å². The van der Waals surface area contributed by atoms with Gasteiger partial charge in [0.1, 0.15) is 11.6 Å². The number of carbonyl (C=O) groups is 1. The highest BCUT2D eigenvalue weighted by atomic mass is 16.5. The van der Waals surface area contributed by atoms with Crippen molar-refractivity contribution in [3.05, 3.63) is 77.5 Å². The minimum absolute atomic E-state index is 0.207. The summed E-state index contributed by atoms with van der Waals surface area (Å²) < 4.78 is 5.14. The number of methoxy groups -OCH3 is 1. The Hall–Kier alpha value is -3.34. The molecule has 0 spiro atoms. The van der Waals surface area contributed by atoms with E-state index in [9.17, 15) is 4.79 Å². The van der Waals surface area contributed by atoms with Gasteiger partial charge in [-0.1, -0.05) is 18.2 Å². The van der Waals surface area contributed by atoms with E-state index in [-0.39, 0.29) is 5.91 Å². The maximum Gasteiger partial charge on any atom is 0.255 e. The SMILES string of the molecule is COc1cccc(C(=O)Nc2ccc(Nc3cc(C)ccc3C)nc2)c1. The van der Waals surface area contributed by atoms with Crippen molar-refractivity contribution in [2.24, 2.45) is 0 Å². The van der Waals surface area contributed by atoms with Crippen molar-refractivity contribution in [2.75, 3.05) is 17.7 Å². The summed E-state index contributed by atoms with van der Waals surface area (Å²) in [5.41, 5.74) is 4.50. The molecular weight excluding hydrogens is 326 g/mol. The molecule has 3 aromatic rings. The molecule has 0 aliphatic rings. The van der Waals surface area contributed by atoms with Crippen molar-refractivity contribution < 1.29 is 9.53 Å². The summed E-state index contributed by atoms with van der Waals surface area (Å²) in [4.78, 5) is 16.7. The van der Waals surface area contributed by atoms with Gasteiger partial charge in [0.15, 0.2) is 0 Å². The van der Waals surface area contributed by atoms with E-state index in [4.69, 9.17) is 4.74 Å². The monoisotopic (exact) mass is 347 g/mol. The molecule has 0 unspecified atom stereocenters. The first kappa shape index (κ1) is 17.5. The Balaban J connectivity index is 1.69. The van der Waals surface area contributed by atoms with Crippen molar-refractivity contribution in [2.45, 2.75) is 13.8 Å². The fraction of sp³-hybridized carbons (Fsp3) is 0.143. The molecule has 2 N–H and O–H groups in total. The zero-order valence-corrected chi connectivity index (χ0v) is 15.0. The van der Waals surface area contributed by atoms with Gasteiger partial charge in [0.25, 0.3) is 5.91 Å². The Morgan fingerprint density at radius 3 is 2.62 bits per heavy atom. The molecule has 0 saturated heterocycles. The van der Waals surface area contributed by atoms with Crippen LogP contribution in [0.15, 0.2) is 60.8 Å². The van der Waals surface area contributed by atoms with Gasteiger partial charge in [0, 0.05) is 11.3 Å². The van der Waals surface area contributed by atoms with Crippen molar-refractivity contribution in [3.8, 4) is 5.75 Å². The Kier molecular flexibility index (Phi) is 5.17. The summed E-state index contributed by atoms with van der Waals surface area (Å²) in [7, 11) is 1.57. The predicted octanol–water partition coefficient (Wildman–Crippen LogP) is 4.70. The van der Waals surface area contributed by atoms with E-state index < -0.39 is 0 Å². The molecule has 132 valence electrons. The molecule has 0 atom stereocenters. The number of aryl methyl sites for hydroxylation is 2. The Bertz CT molecular complexity index is 921. The molecule has 1 amide bonds. The second kappa shape index (κ2) is 7.70. The third-order valence-corrected chi connectivity index (χ3v) is 4.01. The minimum atomic E-state index is -0.207. The van der Waals surface area contributed by atoms with Crippen LogP contribution >= 0.6 is 0 Å². The van der Waals surface area contributed by atoms with E-state index in [1.165, 1.54) is 5.56 Å². The predicted molar refractivity (Wildman–Crippen MR) is 104 cm³/mol. The Labute approximate surface area is 153 Å². The standard InChI is InChI=1S/C21H21N3O2/c1-14-7-8-15(2)19(11-14)24-20-10-9-17(13-22-20)23-21(25)16-5-4-6-18(12-16)26-3/h4-13H,1-3H3,(H,22,24)(H,23,25). The van der Waals surface area contributed by atoms with Crippen LogP contribution in [0.4, 0.5) is 17.2 Å². The number of rotatable bonds is 5. The van der Waals surface area contributed by atoms with Crippen molar-refractivity contribution >= 4 is 23.1 Å². The van der Waals surface area contributed by atoms with Crippen LogP contribution in [0.3, 0.4) is 0 Å². The number of hydrogen-bond donors (Lipinski definition) is 2. The van der Waals surface area contributed by atoms with Crippen LogP contribution in [0.2, 0.25) is 0 Å².